The number of halogens is 2. The molecule has 0 aromatic heterocycles. The molecule has 4 aromatic rings. The zero-order valence-corrected chi connectivity index (χ0v) is 23.8. The number of carbonyl (C=O) groups is 3. The minimum absolute atomic E-state index is 0.210. The van der Waals surface area contributed by atoms with Gasteiger partial charge in [-0.3, -0.25) is 19.3 Å². The first kappa shape index (κ1) is 27.0. The van der Waals surface area contributed by atoms with Gasteiger partial charge in [-0.25, -0.2) is 0 Å². The van der Waals surface area contributed by atoms with E-state index < -0.39 is 11.1 Å². The van der Waals surface area contributed by atoms with Crippen LogP contribution in [0.1, 0.15) is 21.5 Å². The summed E-state index contributed by atoms with van der Waals surface area (Å²) in [5, 5.41) is 2.22. The maximum absolute atomic E-state index is 13.0. The molecule has 1 aliphatic heterocycles. The monoisotopic (exact) mass is 621 g/mol. The fraction of sp³-hybridized carbons (Fsp3) is 0.100. The van der Waals surface area contributed by atoms with Crippen molar-refractivity contribution in [3.63, 3.8) is 0 Å². The first-order chi connectivity index (χ1) is 18.8. The third kappa shape index (κ3) is 5.88. The molecule has 0 N–H and O–H groups in total. The molecule has 0 bridgehead atoms. The smallest absolute Gasteiger partial charge is 0.293 e. The predicted octanol–water partition coefficient (Wildman–Crippen LogP) is 7.76. The number of Topliss-reactive ketones (excluding diaryl/α,β-unsaturated/α-hetero) is 1. The molecule has 0 spiro atoms. The number of amides is 2. The molecule has 9 heteroatoms. The number of thioether (sulfide) groups is 1. The summed E-state index contributed by atoms with van der Waals surface area (Å²) in [5.41, 5.74) is 2.04. The lowest BCUT2D eigenvalue weighted by atomic mass is 10.1. The summed E-state index contributed by atoms with van der Waals surface area (Å²) in [7, 11) is 1.53. The molecule has 1 saturated heterocycles. The highest BCUT2D eigenvalue weighted by Gasteiger charge is 2.36. The highest BCUT2D eigenvalue weighted by Crippen LogP contribution is 2.40. The van der Waals surface area contributed by atoms with Gasteiger partial charge in [-0.15, -0.1) is 0 Å². The van der Waals surface area contributed by atoms with Gasteiger partial charge in [0.25, 0.3) is 11.1 Å². The van der Waals surface area contributed by atoms with Crippen LogP contribution in [0.5, 0.6) is 11.5 Å². The summed E-state index contributed by atoms with van der Waals surface area (Å²) in [4.78, 5) is 39.3. The fourth-order valence-electron chi connectivity index (χ4n) is 4.19. The fourth-order valence-corrected chi connectivity index (χ4v) is 5.73. The van der Waals surface area contributed by atoms with Gasteiger partial charge in [0.05, 0.1) is 23.0 Å². The Morgan fingerprint density at radius 2 is 1.77 bits per heavy atom. The van der Waals surface area contributed by atoms with E-state index in [9.17, 15) is 14.4 Å². The van der Waals surface area contributed by atoms with Gasteiger partial charge in [0.2, 0.25) is 0 Å². The highest BCUT2D eigenvalue weighted by atomic mass is 79.9. The van der Waals surface area contributed by atoms with Gasteiger partial charge in [-0.05, 0) is 92.1 Å². The van der Waals surface area contributed by atoms with Gasteiger partial charge in [-0.2, -0.15) is 0 Å². The molecule has 1 fully saturated rings. The minimum Gasteiger partial charge on any atom is -0.493 e. The summed E-state index contributed by atoms with van der Waals surface area (Å²) in [6.07, 6.45) is 1.60. The number of imide groups is 1. The van der Waals surface area contributed by atoms with E-state index in [1.165, 1.54) is 7.11 Å². The summed E-state index contributed by atoms with van der Waals surface area (Å²) in [5.74, 6) is 0.100. The molecule has 0 radical (unpaired) electrons. The van der Waals surface area contributed by atoms with Crippen LogP contribution in [0.25, 0.3) is 16.8 Å². The highest BCUT2D eigenvalue weighted by molar-refractivity contribution is 9.10. The van der Waals surface area contributed by atoms with E-state index >= 15 is 0 Å². The number of ether oxygens (including phenoxy) is 2. The predicted molar refractivity (Wildman–Crippen MR) is 157 cm³/mol. The van der Waals surface area contributed by atoms with Crippen molar-refractivity contribution in [2.24, 2.45) is 0 Å². The van der Waals surface area contributed by atoms with E-state index in [-0.39, 0.29) is 17.2 Å². The Morgan fingerprint density at radius 3 is 2.54 bits per heavy atom. The molecule has 4 aromatic carbocycles. The molecule has 0 aliphatic carbocycles. The number of carbonyl (C=O) groups excluding carboxylic acids is 3. The second kappa shape index (κ2) is 11.7. The van der Waals surface area contributed by atoms with Crippen LogP contribution in [0, 0.1) is 0 Å². The largest absolute Gasteiger partial charge is 0.493 e. The number of hydrogen-bond donors (Lipinski definition) is 0. The lowest BCUT2D eigenvalue weighted by Crippen LogP contribution is -2.33. The summed E-state index contributed by atoms with van der Waals surface area (Å²) in [6.45, 7) is -0.0200. The van der Waals surface area contributed by atoms with E-state index in [4.69, 9.17) is 21.1 Å². The average molecular weight is 623 g/mol. The quantitative estimate of drug-likeness (QED) is 0.148. The Hall–Kier alpha value is -3.59. The van der Waals surface area contributed by atoms with Gasteiger partial charge in [0.1, 0.15) is 6.61 Å². The summed E-state index contributed by atoms with van der Waals surface area (Å²) in [6, 6.07) is 24.0. The van der Waals surface area contributed by atoms with Gasteiger partial charge < -0.3 is 9.47 Å². The third-order valence-corrected chi connectivity index (χ3v) is 7.89. The van der Waals surface area contributed by atoms with Crippen molar-refractivity contribution in [2.75, 3.05) is 13.7 Å². The van der Waals surface area contributed by atoms with Crippen LogP contribution < -0.4 is 9.47 Å². The molecular formula is C30H21BrClNO5S. The second-order valence-corrected chi connectivity index (χ2v) is 10.9. The molecule has 196 valence electrons. The first-order valence-electron chi connectivity index (χ1n) is 11.8. The minimum atomic E-state index is -0.529. The van der Waals surface area contributed by atoms with E-state index in [1.54, 1.807) is 42.5 Å². The zero-order chi connectivity index (χ0) is 27.5. The van der Waals surface area contributed by atoms with Crippen molar-refractivity contribution in [1.82, 2.24) is 4.90 Å². The molecule has 0 saturated carbocycles. The Labute approximate surface area is 242 Å². The standard InChI is InChI=1S/C30H21BrClNO5S/c1-37-26-14-18(13-24(31)28(26)38-17-21-7-4-6-19-5-2-3-8-23(19)21)15-27-29(35)33(30(36)39-27)16-25(34)20-9-11-22(32)12-10-20/h2-15H,16-17H2,1H3/b27-15+. The third-order valence-electron chi connectivity index (χ3n) is 6.14. The molecule has 5 rings (SSSR count). The SMILES string of the molecule is COc1cc(/C=C2/SC(=O)N(CC(=O)c3ccc(Cl)cc3)C2=O)cc(Br)c1OCc1cccc2ccccc12. The van der Waals surface area contributed by atoms with Gasteiger partial charge in [0.15, 0.2) is 17.3 Å². The molecule has 1 aliphatic rings. The van der Waals surface area contributed by atoms with E-state index in [0.29, 0.717) is 38.7 Å². The van der Waals surface area contributed by atoms with Crippen LogP contribution in [-0.2, 0) is 11.4 Å². The Morgan fingerprint density at radius 1 is 1.03 bits per heavy atom. The van der Waals surface area contributed by atoms with Gasteiger partial charge in [0, 0.05) is 10.6 Å². The van der Waals surface area contributed by atoms with Crippen LogP contribution in [0.3, 0.4) is 0 Å². The van der Waals surface area contributed by atoms with Crippen LogP contribution in [0.4, 0.5) is 4.79 Å². The van der Waals surface area contributed by atoms with E-state index in [0.717, 1.165) is 33.0 Å². The Bertz CT molecular complexity index is 1630. The van der Waals surface area contributed by atoms with Crippen molar-refractivity contribution in [2.45, 2.75) is 6.61 Å². The Kier molecular flexibility index (Phi) is 8.07. The molecule has 39 heavy (non-hydrogen) atoms. The van der Waals surface area contributed by atoms with Crippen LogP contribution in [0.2, 0.25) is 5.02 Å². The lowest BCUT2D eigenvalue weighted by Gasteiger charge is -2.15. The van der Waals surface area contributed by atoms with Gasteiger partial charge in [-0.1, -0.05) is 54.1 Å². The number of methoxy groups -OCH3 is 1. The maximum Gasteiger partial charge on any atom is 0.293 e. The Balaban J connectivity index is 1.34. The zero-order valence-electron chi connectivity index (χ0n) is 20.6. The van der Waals surface area contributed by atoms with Crippen molar-refractivity contribution in [3.8, 4) is 11.5 Å². The molecule has 6 nitrogen and oxygen atoms in total. The molecule has 2 amide bonds. The number of ketones is 1. The lowest BCUT2D eigenvalue weighted by molar-refractivity contribution is -0.122. The number of rotatable bonds is 8. The number of hydrogen-bond acceptors (Lipinski definition) is 6. The molecule has 0 atom stereocenters. The number of benzene rings is 4. The molecular weight excluding hydrogens is 602 g/mol. The van der Waals surface area contributed by atoms with Crippen LogP contribution >= 0.6 is 39.3 Å². The van der Waals surface area contributed by atoms with Crippen LogP contribution in [0.15, 0.2) is 88.2 Å². The second-order valence-electron chi connectivity index (χ2n) is 8.66. The topological polar surface area (TPSA) is 72.9 Å². The molecule has 0 unspecified atom stereocenters. The van der Waals surface area contributed by atoms with Gasteiger partial charge >= 0.3 is 0 Å². The van der Waals surface area contributed by atoms with Crippen molar-refractivity contribution < 1.29 is 23.9 Å². The van der Waals surface area contributed by atoms with Crippen molar-refractivity contribution >= 4 is 73.1 Å². The summed E-state index contributed by atoms with van der Waals surface area (Å²) >= 11 is 10.2. The number of nitrogens with zero attached hydrogens (tertiary/aromatic N) is 1. The van der Waals surface area contributed by atoms with Crippen LogP contribution in [-0.4, -0.2) is 35.5 Å². The van der Waals surface area contributed by atoms with E-state index in [1.807, 2.05) is 24.3 Å². The first-order valence-corrected chi connectivity index (χ1v) is 13.8. The maximum atomic E-state index is 13.0. The van der Waals surface area contributed by atoms with Crippen molar-refractivity contribution in [3.05, 3.63) is 110 Å². The normalized spacial score (nSPS) is 14.3. The summed E-state index contributed by atoms with van der Waals surface area (Å²) < 4.78 is 12.4. The molecule has 1 heterocycles. The van der Waals surface area contributed by atoms with Crippen molar-refractivity contribution in [1.29, 1.82) is 0 Å². The average Bonchev–Trinajstić information content (AvgIpc) is 3.19. The van der Waals surface area contributed by atoms with E-state index in [2.05, 4.69) is 34.1 Å². The number of fused-ring (bicyclic) bond motifs is 1.